The highest BCUT2D eigenvalue weighted by Crippen LogP contribution is 2.22. The summed E-state index contributed by atoms with van der Waals surface area (Å²) in [5.41, 5.74) is 1.05. The Bertz CT molecular complexity index is 497. The number of hydrogen-bond donors (Lipinski definition) is 0. The molecule has 2 rings (SSSR count). The van der Waals surface area contributed by atoms with Gasteiger partial charge in [0.05, 0.1) is 5.92 Å². The predicted molar refractivity (Wildman–Crippen MR) is 73.2 cm³/mol. The number of thiophene rings is 1. The van der Waals surface area contributed by atoms with Gasteiger partial charge in [0, 0.05) is 4.88 Å². The summed E-state index contributed by atoms with van der Waals surface area (Å²) < 4.78 is 0. The second kappa shape index (κ2) is 5.60. The molecule has 2 aromatic rings. The third kappa shape index (κ3) is 3.14. The Hall–Kier alpha value is -1.67. The van der Waals surface area contributed by atoms with Crippen molar-refractivity contribution in [2.24, 2.45) is 0 Å². The first-order chi connectivity index (χ1) is 8.27. The Morgan fingerprint density at radius 1 is 1.18 bits per heavy atom. The SMILES string of the molecule is CC(C(=O)C=Cc1ccccc1)c1cccs1. The molecular formula is C15H14OS. The van der Waals surface area contributed by atoms with E-state index in [-0.39, 0.29) is 11.7 Å². The summed E-state index contributed by atoms with van der Waals surface area (Å²) >= 11 is 1.63. The van der Waals surface area contributed by atoms with Crippen LogP contribution in [0, 0.1) is 0 Å². The van der Waals surface area contributed by atoms with Gasteiger partial charge < -0.3 is 0 Å². The van der Waals surface area contributed by atoms with Crippen molar-refractivity contribution in [2.75, 3.05) is 0 Å². The minimum absolute atomic E-state index is 0.0463. The lowest BCUT2D eigenvalue weighted by Gasteiger charge is -2.03. The van der Waals surface area contributed by atoms with Gasteiger partial charge in [0.15, 0.2) is 5.78 Å². The van der Waals surface area contributed by atoms with Crippen LogP contribution in [0.25, 0.3) is 6.08 Å². The lowest BCUT2D eigenvalue weighted by atomic mass is 10.0. The minimum atomic E-state index is -0.0463. The van der Waals surface area contributed by atoms with Crippen LogP contribution in [0.3, 0.4) is 0 Å². The van der Waals surface area contributed by atoms with E-state index in [9.17, 15) is 4.79 Å². The maximum Gasteiger partial charge on any atom is 0.163 e. The normalized spacial score (nSPS) is 12.8. The Balaban J connectivity index is 2.05. The highest BCUT2D eigenvalue weighted by atomic mass is 32.1. The van der Waals surface area contributed by atoms with Gasteiger partial charge in [-0.05, 0) is 23.1 Å². The number of allylic oxidation sites excluding steroid dienone is 1. The highest BCUT2D eigenvalue weighted by molar-refractivity contribution is 7.10. The van der Waals surface area contributed by atoms with Gasteiger partial charge in [0.1, 0.15) is 0 Å². The zero-order valence-corrected chi connectivity index (χ0v) is 10.5. The molecule has 0 saturated carbocycles. The van der Waals surface area contributed by atoms with Crippen molar-refractivity contribution in [2.45, 2.75) is 12.8 Å². The van der Waals surface area contributed by atoms with E-state index in [1.54, 1.807) is 17.4 Å². The maximum absolute atomic E-state index is 11.9. The van der Waals surface area contributed by atoms with Crippen molar-refractivity contribution in [1.29, 1.82) is 0 Å². The van der Waals surface area contributed by atoms with E-state index in [2.05, 4.69) is 0 Å². The zero-order chi connectivity index (χ0) is 12.1. The Labute approximate surface area is 105 Å². The quantitative estimate of drug-likeness (QED) is 0.737. The Kier molecular flexibility index (Phi) is 3.89. The molecular weight excluding hydrogens is 228 g/mol. The summed E-state index contributed by atoms with van der Waals surface area (Å²) in [6, 6.07) is 13.8. The number of rotatable bonds is 4. The molecule has 1 aromatic heterocycles. The van der Waals surface area contributed by atoms with Crippen molar-refractivity contribution in [3.63, 3.8) is 0 Å². The van der Waals surface area contributed by atoms with Gasteiger partial charge in [-0.3, -0.25) is 4.79 Å². The van der Waals surface area contributed by atoms with Crippen molar-refractivity contribution < 1.29 is 4.79 Å². The molecule has 0 radical (unpaired) electrons. The van der Waals surface area contributed by atoms with E-state index in [0.717, 1.165) is 10.4 Å². The van der Waals surface area contributed by atoms with E-state index in [1.807, 2.05) is 60.8 Å². The molecule has 0 bridgehead atoms. The summed E-state index contributed by atoms with van der Waals surface area (Å²) in [7, 11) is 0. The van der Waals surface area contributed by atoms with Crippen molar-refractivity contribution in [3.05, 3.63) is 64.4 Å². The number of carbonyl (C=O) groups is 1. The fourth-order valence-electron chi connectivity index (χ4n) is 1.56. The Morgan fingerprint density at radius 3 is 2.59 bits per heavy atom. The van der Waals surface area contributed by atoms with Crippen LogP contribution in [-0.2, 0) is 4.79 Å². The van der Waals surface area contributed by atoms with E-state index >= 15 is 0 Å². The van der Waals surface area contributed by atoms with E-state index in [1.165, 1.54) is 0 Å². The van der Waals surface area contributed by atoms with Crippen LogP contribution in [0.15, 0.2) is 53.9 Å². The van der Waals surface area contributed by atoms with Crippen LogP contribution in [0.2, 0.25) is 0 Å². The highest BCUT2D eigenvalue weighted by Gasteiger charge is 2.12. The molecule has 2 heteroatoms. The van der Waals surface area contributed by atoms with Gasteiger partial charge in [0.25, 0.3) is 0 Å². The van der Waals surface area contributed by atoms with E-state index < -0.39 is 0 Å². The van der Waals surface area contributed by atoms with Gasteiger partial charge in [-0.1, -0.05) is 49.4 Å². The molecule has 1 heterocycles. The zero-order valence-electron chi connectivity index (χ0n) is 9.67. The summed E-state index contributed by atoms with van der Waals surface area (Å²) in [6.07, 6.45) is 3.53. The second-order valence-electron chi connectivity index (χ2n) is 3.88. The van der Waals surface area contributed by atoms with Crippen LogP contribution < -0.4 is 0 Å². The summed E-state index contributed by atoms with van der Waals surface area (Å²) in [4.78, 5) is 13.1. The van der Waals surface area contributed by atoms with Crippen LogP contribution in [-0.4, -0.2) is 5.78 Å². The van der Waals surface area contributed by atoms with E-state index in [0.29, 0.717) is 0 Å². The number of hydrogen-bond acceptors (Lipinski definition) is 2. The van der Waals surface area contributed by atoms with Gasteiger partial charge in [-0.2, -0.15) is 0 Å². The van der Waals surface area contributed by atoms with Crippen LogP contribution >= 0.6 is 11.3 Å². The van der Waals surface area contributed by atoms with Crippen molar-refractivity contribution >= 4 is 23.2 Å². The van der Waals surface area contributed by atoms with Gasteiger partial charge in [0.2, 0.25) is 0 Å². The monoisotopic (exact) mass is 242 g/mol. The molecule has 0 aliphatic rings. The van der Waals surface area contributed by atoms with Crippen LogP contribution in [0.4, 0.5) is 0 Å². The third-order valence-corrected chi connectivity index (χ3v) is 3.69. The van der Waals surface area contributed by atoms with Crippen LogP contribution in [0.5, 0.6) is 0 Å². The molecule has 0 aliphatic carbocycles. The Morgan fingerprint density at radius 2 is 1.94 bits per heavy atom. The molecule has 0 spiro atoms. The topological polar surface area (TPSA) is 17.1 Å². The molecule has 1 unspecified atom stereocenters. The molecule has 0 amide bonds. The molecule has 0 N–H and O–H groups in total. The lowest BCUT2D eigenvalue weighted by molar-refractivity contribution is -0.115. The van der Waals surface area contributed by atoms with Crippen LogP contribution in [0.1, 0.15) is 23.3 Å². The molecule has 1 atom stereocenters. The first kappa shape index (κ1) is 11.8. The lowest BCUT2D eigenvalue weighted by Crippen LogP contribution is -2.03. The summed E-state index contributed by atoms with van der Waals surface area (Å²) in [6.45, 7) is 1.95. The maximum atomic E-state index is 11.9. The predicted octanol–water partition coefficient (Wildman–Crippen LogP) is 4.13. The average Bonchev–Trinajstić information content (AvgIpc) is 2.90. The summed E-state index contributed by atoms with van der Waals surface area (Å²) in [5, 5.41) is 2.00. The molecule has 0 aliphatic heterocycles. The average molecular weight is 242 g/mol. The molecule has 86 valence electrons. The first-order valence-electron chi connectivity index (χ1n) is 5.58. The number of carbonyl (C=O) groups excluding carboxylic acids is 1. The third-order valence-electron chi connectivity index (χ3n) is 2.64. The van der Waals surface area contributed by atoms with Crippen molar-refractivity contribution in [1.82, 2.24) is 0 Å². The second-order valence-corrected chi connectivity index (χ2v) is 4.86. The van der Waals surface area contributed by atoms with Crippen molar-refractivity contribution in [3.8, 4) is 0 Å². The van der Waals surface area contributed by atoms with Gasteiger partial charge in [-0.25, -0.2) is 0 Å². The summed E-state index contributed by atoms with van der Waals surface area (Å²) in [5.74, 6) is 0.103. The first-order valence-corrected chi connectivity index (χ1v) is 6.46. The van der Waals surface area contributed by atoms with Gasteiger partial charge in [-0.15, -0.1) is 11.3 Å². The van der Waals surface area contributed by atoms with E-state index in [4.69, 9.17) is 0 Å². The fraction of sp³-hybridized carbons (Fsp3) is 0.133. The molecule has 0 saturated heterocycles. The molecule has 1 nitrogen and oxygen atoms in total. The fourth-order valence-corrected chi connectivity index (χ4v) is 2.36. The smallest absolute Gasteiger partial charge is 0.163 e. The number of benzene rings is 1. The number of ketones is 1. The largest absolute Gasteiger partial charge is 0.294 e. The molecule has 1 aromatic carbocycles. The standard InChI is InChI=1S/C15H14OS/c1-12(15-8-5-11-17-15)14(16)10-9-13-6-3-2-4-7-13/h2-12H,1H3. The minimum Gasteiger partial charge on any atom is -0.294 e. The molecule has 0 fully saturated rings. The molecule has 17 heavy (non-hydrogen) atoms. The van der Waals surface area contributed by atoms with Gasteiger partial charge >= 0.3 is 0 Å².